The van der Waals surface area contributed by atoms with E-state index >= 15 is 0 Å². The molecule has 40 heavy (non-hydrogen) atoms. The number of carboxylic acid groups (broad SMARTS) is 1. The number of ether oxygens (including phenoxy) is 1. The van der Waals surface area contributed by atoms with E-state index in [1.165, 1.54) is 0 Å². The smallest absolute Gasteiger partial charge is 0.490 e. The van der Waals surface area contributed by atoms with Gasteiger partial charge in [0, 0.05) is 29.4 Å². The number of methoxy groups -OCH3 is 1. The van der Waals surface area contributed by atoms with E-state index in [2.05, 4.69) is 9.71 Å². The molecule has 0 saturated carbocycles. The first-order valence-corrected chi connectivity index (χ1v) is 14.0. The Morgan fingerprint density at radius 2 is 1.93 bits per heavy atom. The van der Waals surface area contributed by atoms with Crippen molar-refractivity contribution in [3.05, 3.63) is 59.6 Å². The van der Waals surface area contributed by atoms with Gasteiger partial charge in [-0.15, -0.1) is 11.3 Å². The second-order valence-corrected chi connectivity index (χ2v) is 11.4. The molecular weight excluding hydrogens is 573 g/mol. The number of amides is 1. The maximum absolute atomic E-state index is 13.0. The Balaban J connectivity index is 0.000000470. The Kier molecular flexibility index (Phi) is 8.18. The van der Waals surface area contributed by atoms with Crippen molar-refractivity contribution >= 4 is 59.9 Å². The van der Waals surface area contributed by atoms with E-state index in [-0.39, 0.29) is 10.8 Å². The number of nitrogens with zero attached hydrogens (tertiary/aromatic N) is 2. The molecule has 212 valence electrons. The number of benzene rings is 2. The van der Waals surface area contributed by atoms with Crippen LogP contribution in [-0.2, 0) is 26.2 Å². The predicted molar refractivity (Wildman–Crippen MR) is 142 cm³/mol. The number of nitrogens with one attached hydrogen (secondary N) is 1. The summed E-state index contributed by atoms with van der Waals surface area (Å²) in [6, 6.07) is 11.4. The average molecular weight is 597 g/mol. The van der Waals surface area contributed by atoms with Crippen LogP contribution in [0.1, 0.15) is 12.0 Å². The number of sulfonamides is 1. The molecule has 1 unspecified atom stereocenters. The van der Waals surface area contributed by atoms with Crippen molar-refractivity contribution in [3.8, 4) is 5.75 Å². The zero-order chi connectivity index (χ0) is 29.2. The first kappa shape index (κ1) is 29.0. The molecule has 0 aliphatic carbocycles. The van der Waals surface area contributed by atoms with Gasteiger partial charge in [0.15, 0.2) is 0 Å². The fraction of sp³-hybridized carbons (Fsp3) is 0.240. The summed E-state index contributed by atoms with van der Waals surface area (Å²) in [6.45, 7) is 0.821. The first-order valence-electron chi connectivity index (χ1n) is 11.6. The molecule has 0 spiro atoms. The lowest BCUT2D eigenvalue weighted by atomic mass is 10.1. The summed E-state index contributed by atoms with van der Waals surface area (Å²) in [5.74, 6) is -1.93. The van der Waals surface area contributed by atoms with Gasteiger partial charge in [0.2, 0.25) is 15.9 Å². The van der Waals surface area contributed by atoms with Gasteiger partial charge in [0.05, 0.1) is 12.0 Å². The van der Waals surface area contributed by atoms with Crippen LogP contribution in [-0.4, -0.2) is 61.2 Å². The highest BCUT2D eigenvalue weighted by atomic mass is 32.2. The number of likely N-dealkylation sites (tertiary alicyclic amines) is 1. The molecular formula is C25H23F3N4O6S2. The lowest BCUT2D eigenvalue weighted by Gasteiger charge is -2.17. The monoisotopic (exact) mass is 596 g/mol. The third-order valence-corrected chi connectivity index (χ3v) is 8.58. The Hall–Kier alpha value is -3.95. The van der Waals surface area contributed by atoms with Crippen molar-refractivity contribution in [2.45, 2.75) is 30.1 Å². The molecule has 1 saturated heterocycles. The molecule has 5 rings (SSSR count). The van der Waals surface area contributed by atoms with Crippen LogP contribution in [0.25, 0.3) is 20.9 Å². The SMILES string of the molecule is COc1ccc2ccc(S(=O)(=O)NC3CCN(Cc4csc5ccnc(N)c45)C3=O)cc2c1.O=C(O)C(F)(F)F. The number of carboxylic acids is 1. The molecule has 1 fully saturated rings. The maximum Gasteiger partial charge on any atom is 0.490 e. The van der Waals surface area contributed by atoms with Crippen LogP contribution >= 0.6 is 11.3 Å². The predicted octanol–water partition coefficient (Wildman–Crippen LogP) is 3.75. The highest BCUT2D eigenvalue weighted by Gasteiger charge is 2.38. The summed E-state index contributed by atoms with van der Waals surface area (Å²) in [5.41, 5.74) is 6.95. The summed E-state index contributed by atoms with van der Waals surface area (Å²) in [7, 11) is -2.32. The molecule has 15 heteroatoms. The van der Waals surface area contributed by atoms with Gasteiger partial charge in [-0.2, -0.15) is 17.9 Å². The zero-order valence-electron chi connectivity index (χ0n) is 20.8. The van der Waals surface area contributed by atoms with E-state index in [4.69, 9.17) is 20.4 Å². The third-order valence-electron chi connectivity index (χ3n) is 6.12. The van der Waals surface area contributed by atoms with E-state index in [1.807, 2.05) is 23.6 Å². The molecule has 1 atom stereocenters. The average Bonchev–Trinajstić information content (AvgIpc) is 3.47. The Labute approximate surface area is 230 Å². The van der Waals surface area contributed by atoms with Gasteiger partial charge in [-0.3, -0.25) is 4.79 Å². The van der Waals surface area contributed by atoms with Gasteiger partial charge >= 0.3 is 12.1 Å². The fourth-order valence-corrected chi connectivity index (χ4v) is 6.37. The number of aliphatic carboxylic acids is 1. The van der Waals surface area contributed by atoms with Crippen molar-refractivity contribution in [3.63, 3.8) is 0 Å². The second-order valence-electron chi connectivity index (χ2n) is 8.73. The number of rotatable bonds is 6. The Morgan fingerprint density at radius 1 is 1.23 bits per heavy atom. The summed E-state index contributed by atoms with van der Waals surface area (Å²) in [4.78, 5) is 27.8. The summed E-state index contributed by atoms with van der Waals surface area (Å²) in [6.07, 6.45) is -3.03. The quantitative estimate of drug-likeness (QED) is 0.304. The molecule has 3 heterocycles. The lowest BCUT2D eigenvalue weighted by Crippen LogP contribution is -2.41. The van der Waals surface area contributed by atoms with E-state index < -0.39 is 28.2 Å². The highest BCUT2D eigenvalue weighted by molar-refractivity contribution is 7.89. The molecule has 0 bridgehead atoms. The van der Waals surface area contributed by atoms with Crippen molar-refractivity contribution in [1.29, 1.82) is 0 Å². The van der Waals surface area contributed by atoms with Gasteiger partial charge in [0.1, 0.15) is 17.6 Å². The summed E-state index contributed by atoms with van der Waals surface area (Å²) >= 11 is 1.55. The Bertz CT molecular complexity index is 1690. The van der Waals surface area contributed by atoms with Crippen LogP contribution in [0.4, 0.5) is 19.0 Å². The van der Waals surface area contributed by atoms with Gasteiger partial charge in [-0.05, 0) is 58.5 Å². The number of carbonyl (C=O) groups excluding carboxylic acids is 1. The van der Waals surface area contributed by atoms with Crippen LogP contribution in [0.2, 0.25) is 0 Å². The van der Waals surface area contributed by atoms with Crippen LogP contribution in [0.3, 0.4) is 0 Å². The molecule has 1 aliphatic rings. The van der Waals surface area contributed by atoms with Gasteiger partial charge < -0.3 is 20.5 Å². The van der Waals surface area contributed by atoms with E-state index in [0.717, 1.165) is 26.4 Å². The second kappa shape index (κ2) is 11.3. The number of nitrogens with two attached hydrogens (primary N) is 1. The number of thiophene rings is 1. The van der Waals surface area contributed by atoms with Crippen molar-refractivity contribution in [2.75, 3.05) is 19.4 Å². The molecule has 1 aliphatic heterocycles. The minimum absolute atomic E-state index is 0.108. The van der Waals surface area contributed by atoms with E-state index in [9.17, 15) is 26.4 Å². The molecule has 1 amide bonds. The first-order chi connectivity index (χ1) is 18.8. The minimum atomic E-state index is -5.08. The van der Waals surface area contributed by atoms with Crippen LogP contribution < -0.4 is 15.2 Å². The number of halogens is 3. The van der Waals surface area contributed by atoms with Crippen LogP contribution in [0.5, 0.6) is 5.75 Å². The van der Waals surface area contributed by atoms with Crippen molar-refractivity contribution in [2.24, 2.45) is 0 Å². The number of nitrogen functional groups attached to an aromatic ring is 1. The molecule has 4 N–H and O–H groups in total. The third kappa shape index (κ3) is 6.26. The van der Waals surface area contributed by atoms with E-state index in [0.29, 0.717) is 31.1 Å². The molecule has 4 aromatic rings. The fourth-order valence-electron chi connectivity index (χ4n) is 4.15. The van der Waals surface area contributed by atoms with Crippen molar-refractivity contribution < 1.29 is 41.0 Å². The molecule has 0 radical (unpaired) electrons. The van der Waals surface area contributed by atoms with Gasteiger partial charge in [-0.25, -0.2) is 18.2 Å². The number of fused-ring (bicyclic) bond motifs is 2. The number of pyridine rings is 1. The number of hydrogen-bond acceptors (Lipinski definition) is 8. The van der Waals surface area contributed by atoms with Crippen LogP contribution in [0.15, 0.2) is 58.9 Å². The topological polar surface area (TPSA) is 152 Å². The van der Waals surface area contributed by atoms with Crippen LogP contribution in [0, 0.1) is 0 Å². The Morgan fingerprint density at radius 3 is 2.60 bits per heavy atom. The number of alkyl halides is 3. The summed E-state index contributed by atoms with van der Waals surface area (Å²) < 4.78 is 66.6. The maximum atomic E-state index is 13.0. The largest absolute Gasteiger partial charge is 0.497 e. The number of hydrogen-bond donors (Lipinski definition) is 3. The van der Waals surface area contributed by atoms with E-state index in [1.54, 1.807) is 53.8 Å². The molecule has 2 aromatic carbocycles. The van der Waals surface area contributed by atoms with Crippen molar-refractivity contribution in [1.82, 2.24) is 14.6 Å². The summed E-state index contributed by atoms with van der Waals surface area (Å²) in [5, 5.41) is 11.6. The molecule has 10 nitrogen and oxygen atoms in total. The minimum Gasteiger partial charge on any atom is -0.497 e. The lowest BCUT2D eigenvalue weighted by molar-refractivity contribution is -0.192. The zero-order valence-corrected chi connectivity index (χ0v) is 22.4. The standard InChI is InChI=1S/C23H22N4O4S2.C2HF3O2/c1-31-17-4-2-14-3-5-18(11-15(14)10-17)33(29,30)26-19-7-9-27(23(19)28)12-16-13-32-20-6-8-25-22(24)21(16)20;3-2(4,5)1(6)7/h2-6,8,10-11,13,19,26H,7,9,12H2,1H3,(H2,24,25);(H,6,7). The number of carbonyl (C=O) groups is 2. The number of aromatic nitrogens is 1. The number of anilines is 1. The molecule has 2 aromatic heterocycles. The van der Waals surface area contributed by atoms with Gasteiger partial charge in [-0.1, -0.05) is 12.1 Å². The normalized spacial score (nSPS) is 15.8. The van der Waals surface area contributed by atoms with Gasteiger partial charge in [0.25, 0.3) is 0 Å². The highest BCUT2D eigenvalue weighted by Crippen LogP contribution is 2.31.